The molecule has 1 saturated heterocycles. The highest BCUT2D eigenvalue weighted by Gasteiger charge is 2.22. The maximum absolute atomic E-state index is 12.1. The minimum absolute atomic E-state index is 0.120. The summed E-state index contributed by atoms with van der Waals surface area (Å²) in [5.74, 6) is 0. The molecule has 0 radical (unpaired) electrons. The van der Waals surface area contributed by atoms with Crippen LogP contribution in [0.25, 0.3) is 0 Å². The summed E-state index contributed by atoms with van der Waals surface area (Å²) in [6.07, 6.45) is 0.213. The summed E-state index contributed by atoms with van der Waals surface area (Å²) in [5.41, 5.74) is 2.20. The number of benzene rings is 1. The van der Waals surface area contributed by atoms with Crippen LogP contribution in [0.1, 0.15) is 25.0 Å². The molecular formula is C19H32N4O2. The van der Waals surface area contributed by atoms with Crippen molar-refractivity contribution in [2.75, 3.05) is 40.3 Å². The lowest BCUT2D eigenvalue weighted by molar-refractivity contribution is 0.0657. The van der Waals surface area contributed by atoms with Crippen molar-refractivity contribution >= 4 is 6.03 Å². The van der Waals surface area contributed by atoms with E-state index >= 15 is 0 Å². The standard InChI is InChI=1S/C19H32N4O2/c1-15(2)25-14-17-7-5-6-16(10-17)11-20-19(24)21-12-18-13-22(3)8-9-23(18)4/h5-7,10,15,18H,8-9,11-14H2,1-4H3,(H2,20,21,24)/t18-/m0/s1. The van der Waals surface area contributed by atoms with Gasteiger partial charge in [-0.15, -0.1) is 0 Å². The molecule has 2 rings (SSSR count). The van der Waals surface area contributed by atoms with Gasteiger partial charge >= 0.3 is 6.03 Å². The van der Waals surface area contributed by atoms with Crippen LogP contribution >= 0.6 is 0 Å². The smallest absolute Gasteiger partial charge is 0.315 e. The third kappa shape index (κ3) is 7.02. The highest BCUT2D eigenvalue weighted by molar-refractivity contribution is 5.73. The normalized spacial score (nSPS) is 19.2. The van der Waals surface area contributed by atoms with Crippen LogP contribution in [0.3, 0.4) is 0 Å². The van der Waals surface area contributed by atoms with Crippen molar-refractivity contribution in [1.82, 2.24) is 20.4 Å². The third-order valence-corrected chi connectivity index (χ3v) is 4.51. The summed E-state index contributed by atoms with van der Waals surface area (Å²) in [6, 6.07) is 8.38. The lowest BCUT2D eigenvalue weighted by atomic mass is 10.1. The van der Waals surface area contributed by atoms with Crippen molar-refractivity contribution in [3.05, 3.63) is 35.4 Å². The number of nitrogens with zero attached hydrogens (tertiary/aromatic N) is 2. The second-order valence-corrected chi connectivity index (χ2v) is 7.14. The molecule has 0 spiro atoms. The molecule has 0 aromatic heterocycles. The van der Waals surface area contributed by atoms with Crippen molar-refractivity contribution in [3.63, 3.8) is 0 Å². The Bertz CT molecular complexity index is 550. The van der Waals surface area contributed by atoms with Crippen LogP contribution in [0, 0.1) is 0 Å². The minimum Gasteiger partial charge on any atom is -0.374 e. The van der Waals surface area contributed by atoms with Crippen molar-refractivity contribution in [2.24, 2.45) is 0 Å². The predicted octanol–water partition coefficient (Wildman–Crippen LogP) is 1.66. The van der Waals surface area contributed by atoms with Gasteiger partial charge in [0, 0.05) is 38.8 Å². The van der Waals surface area contributed by atoms with Gasteiger partial charge in [0.05, 0.1) is 12.7 Å². The van der Waals surface area contributed by atoms with Gasteiger partial charge in [0.2, 0.25) is 0 Å². The first kappa shape index (κ1) is 19.7. The Hall–Kier alpha value is -1.63. The van der Waals surface area contributed by atoms with Gasteiger partial charge < -0.3 is 20.3 Å². The molecule has 6 nitrogen and oxygen atoms in total. The highest BCUT2D eigenvalue weighted by atomic mass is 16.5. The number of likely N-dealkylation sites (N-methyl/N-ethyl adjacent to an activating group) is 2. The Morgan fingerprint density at radius 3 is 2.76 bits per heavy atom. The molecule has 6 heteroatoms. The lowest BCUT2D eigenvalue weighted by Crippen LogP contribution is -2.55. The van der Waals surface area contributed by atoms with E-state index < -0.39 is 0 Å². The fourth-order valence-corrected chi connectivity index (χ4v) is 2.87. The van der Waals surface area contributed by atoms with Crippen LogP contribution in [0.5, 0.6) is 0 Å². The largest absolute Gasteiger partial charge is 0.374 e. The van der Waals surface area contributed by atoms with E-state index in [0.29, 0.717) is 25.7 Å². The van der Waals surface area contributed by atoms with Gasteiger partial charge in [0.25, 0.3) is 0 Å². The van der Waals surface area contributed by atoms with Gasteiger partial charge in [-0.25, -0.2) is 4.79 Å². The van der Waals surface area contributed by atoms with Crippen molar-refractivity contribution < 1.29 is 9.53 Å². The Kier molecular flexibility index (Phi) is 7.68. The summed E-state index contributed by atoms with van der Waals surface area (Å²) in [4.78, 5) is 16.7. The fraction of sp³-hybridized carbons (Fsp3) is 0.632. The quantitative estimate of drug-likeness (QED) is 0.787. The zero-order valence-corrected chi connectivity index (χ0v) is 15.9. The minimum atomic E-state index is -0.120. The topological polar surface area (TPSA) is 56.8 Å². The Morgan fingerprint density at radius 2 is 2.00 bits per heavy atom. The van der Waals surface area contributed by atoms with Gasteiger partial charge in [-0.1, -0.05) is 24.3 Å². The number of carbonyl (C=O) groups excluding carboxylic acids is 1. The molecule has 2 amide bonds. The molecule has 0 saturated carbocycles. The van der Waals surface area contributed by atoms with Crippen LogP contribution in [-0.2, 0) is 17.9 Å². The number of carbonyl (C=O) groups is 1. The molecule has 140 valence electrons. The predicted molar refractivity (Wildman–Crippen MR) is 101 cm³/mol. The van der Waals surface area contributed by atoms with Gasteiger partial charge in [0.15, 0.2) is 0 Å². The van der Waals surface area contributed by atoms with E-state index in [-0.39, 0.29) is 12.1 Å². The second-order valence-electron chi connectivity index (χ2n) is 7.14. The molecule has 1 heterocycles. The van der Waals surface area contributed by atoms with Gasteiger partial charge in [0.1, 0.15) is 0 Å². The molecule has 25 heavy (non-hydrogen) atoms. The van der Waals surface area contributed by atoms with Gasteiger partial charge in [-0.3, -0.25) is 4.90 Å². The van der Waals surface area contributed by atoms with Crippen molar-refractivity contribution in [1.29, 1.82) is 0 Å². The number of hydrogen-bond donors (Lipinski definition) is 2. The summed E-state index contributed by atoms with van der Waals surface area (Å²) in [5, 5.41) is 5.92. The van der Waals surface area contributed by atoms with Gasteiger partial charge in [-0.2, -0.15) is 0 Å². The Balaban J connectivity index is 1.73. The Morgan fingerprint density at radius 1 is 1.24 bits per heavy atom. The van der Waals surface area contributed by atoms with Crippen molar-refractivity contribution in [2.45, 2.75) is 39.1 Å². The number of piperazine rings is 1. The molecular weight excluding hydrogens is 316 g/mol. The molecule has 0 bridgehead atoms. The molecule has 0 unspecified atom stereocenters. The molecule has 1 aromatic rings. The van der Waals surface area contributed by atoms with E-state index in [1.54, 1.807) is 0 Å². The zero-order valence-electron chi connectivity index (χ0n) is 15.9. The van der Waals surface area contributed by atoms with E-state index in [9.17, 15) is 4.79 Å². The van der Waals surface area contributed by atoms with Crippen molar-refractivity contribution in [3.8, 4) is 0 Å². The summed E-state index contributed by atoms with van der Waals surface area (Å²) >= 11 is 0. The summed E-state index contributed by atoms with van der Waals surface area (Å²) in [7, 11) is 4.23. The number of amides is 2. The average molecular weight is 348 g/mol. The molecule has 2 N–H and O–H groups in total. The molecule has 1 aromatic carbocycles. The van der Waals surface area contributed by atoms with Crippen LogP contribution in [0.4, 0.5) is 4.79 Å². The SMILES string of the molecule is CC(C)OCc1cccc(CNC(=O)NC[C@H]2CN(C)CCN2C)c1. The number of hydrogen-bond acceptors (Lipinski definition) is 4. The van der Waals surface area contributed by atoms with Crippen LogP contribution in [0.15, 0.2) is 24.3 Å². The molecule has 1 aliphatic rings. The van der Waals surface area contributed by atoms with Crippen LogP contribution < -0.4 is 10.6 Å². The van der Waals surface area contributed by atoms with E-state index in [4.69, 9.17) is 4.74 Å². The lowest BCUT2D eigenvalue weighted by Gasteiger charge is -2.37. The zero-order chi connectivity index (χ0) is 18.2. The van der Waals surface area contributed by atoms with E-state index in [1.165, 1.54) is 0 Å². The number of ether oxygens (including phenoxy) is 1. The Labute approximate surface area is 151 Å². The monoisotopic (exact) mass is 348 g/mol. The second kappa shape index (κ2) is 9.75. The van der Waals surface area contributed by atoms with E-state index in [1.807, 2.05) is 32.0 Å². The molecule has 0 aliphatic carbocycles. The molecule has 1 fully saturated rings. The number of rotatable bonds is 7. The number of nitrogens with one attached hydrogen (secondary N) is 2. The maximum Gasteiger partial charge on any atom is 0.315 e. The summed E-state index contributed by atoms with van der Waals surface area (Å²) < 4.78 is 5.62. The number of urea groups is 1. The van der Waals surface area contributed by atoms with Gasteiger partial charge in [-0.05, 0) is 39.1 Å². The average Bonchev–Trinajstić information content (AvgIpc) is 2.59. The van der Waals surface area contributed by atoms with E-state index in [0.717, 1.165) is 30.8 Å². The first-order valence-corrected chi connectivity index (χ1v) is 9.04. The third-order valence-electron chi connectivity index (χ3n) is 4.51. The fourth-order valence-electron chi connectivity index (χ4n) is 2.87. The highest BCUT2D eigenvalue weighted by Crippen LogP contribution is 2.08. The van der Waals surface area contributed by atoms with E-state index in [2.05, 4.69) is 40.6 Å². The molecule has 1 aliphatic heterocycles. The maximum atomic E-state index is 12.1. The van der Waals surface area contributed by atoms with Crippen LogP contribution in [0.2, 0.25) is 0 Å². The summed E-state index contributed by atoms with van der Waals surface area (Å²) in [6.45, 7) is 8.92. The first-order chi connectivity index (χ1) is 11.9. The molecule has 1 atom stereocenters. The van der Waals surface area contributed by atoms with Crippen LogP contribution in [-0.4, -0.2) is 68.3 Å². The first-order valence-electron chi connectivity index (χ1n) is 9.04.